The number of rotatable bonds is 4. The summed E-state index contributed by atoms with van der Waals surface area (Å²) in [6.45, 7) is 9.00. The first kappa shape index (κ1) is 22.8. The number of nitrogens with one attached hydrogen (secondary N) is 1. The highest BCUT2D eigenvalue weighted by Gasteiger charge is 2.33. The molecule has 4 nitrogen and oxygen atoms in total. The smallest absolute Gasteiger partial charge is 0.416 e. The van der Waals surface area contributed by atoms with Crippen molar-refractivity contribution >= 4 is 29.9 Å². The lowest BCUT2D eigenvalue weighted by Gasteiger charge is -2.21. The zero-order valence-electron chi connectivity index (χ0n) is 14.5. The zero-order valence-corrected chi connectivity index (χ0v) is 16.8. The van der Waals surface area contributed by atoms with Gasteiger partial charge >= 0.3 is 6.18 Å². The summed E-state index contributed by atoms with van der Waals surface area (Å²) in [5.41, 5.74) is 4.67. The summed E-state index contributed by atoms with van der Waals surface area (Å²) in [4.78, 5) is 3.99. The monoisotopic (exact) mass is 459 g/mol. The summed E-state index contributed by atoms with van der Waals surface area (Å²) in [5.74, 6) is 0.286. The van der Waals surface area contributed by atoms with Gasteiger partial charge in [-0.1, -0.05) is 6.07 Å². The molecule has 0 aliphatic rings. The molecule has 0 saturated carbocycles. The molecule has 0 unspecified atom stereocenters. The standard InChI is InChI=1S/C16H24F3N3O.HI/c1-10(2)23-12-7-6-11(13(8-12)16(17,18)19)9-21-14(20)22-15(3,4)5;/h6-8,10H,9H2,1-5H3,(H3,20,21,22);1H. The minimum Gasteiger partial charge on any atom is -0.491 e. The Kier molecular flexibility index (Phi) is 8.34. The van der Waals surface area contributed by atoms with Gasteiger partial charge in [-0.2, -0.15) is 13.2 Å². The molecule has 1 rings (SSSR count). The lowest BCUT2D eigenvalue weighted by atomic mass is 10.1. The molecule has 0 aromatic heterocycles. The summed E-state index contributed by atoms with van der Waals surface area (Å²) < 4.78 is 45.0. The Balaban J connectivity index is 0.00000529. The van der Waals surface area contributed by atoms with Crippen molar-refractivity contribution in [2.45, 2.75) is 59.0 Å². The van der Waals surface area contributed by atoms with Crippen molar-refractivity contribution in [3.8, 4) is 5.75 Å². The molecule has 138 valence electrons. The average Bonchev–Trinajstić information content (AvgIpc) is 2.33. The Labute approximate surface area is 158 Å². The average molecular weight is 459 g/mol. The van der Waals surface area contributed by atoms with Crippen LogP contribution in [-0.2, 0) is 12.7 Å². The van der Waals surface area contributed by atoms with Gasteiger partial charge in [-0.25, -0.2) is 4.99 Å². The van der Waals surface area contributed by atoms with Gasteiger partial charge in [0.25, 0.3) is 0 Å². The maximum absolute atomic E-state index is 13.2. The van der Waals surface area contributed by atoms with Crippen LogP contribution in [0.3, 0.4) is 0 Å². The van der Waals surface area contributed by atoms with Crippen molar-refractivity contribution in [3.63, 3.8) is 0 Å². The lowest BCUT2D eigenvalue weighted by Crippen LogP contribution is -2.45. The van der Waals surface area contributed by atoms with Crippen molar-refractivity contribution in [1.82, 2.24) is 5.32 Å². The number of aliphatic imine (C=N–C) groups is 1. The number of guanidine groups is 1. The fourth-order valence-corrected chi connectivity index (χ4v) is 1.90. The number of ether oxygens (including phenoxy) is 1. The fraction of sp³-hybridized carbons (Fsp3) is 0.562. The van der Waals surface area contributed by atoms with E-state index in [2.05, 4.69) is 10.3 Å². The van der Waals surface area contributed by atoms with Gasteiger partial charge in [0, 0.05) is 5.54 Å². The molecular weight excluding hydrogens is 434 g/mol. The van der Waals surface area contributed by atoms with Gasteiger partial charge in [-0.05, 0) is 52.3 Å². The second-order valence-corrected chi connectivity index (χ2v) is 6.56. The first-order valence-electron chi connectivity index (χ1n) is 7.33. The van der Waals surface area contributed by atoms with Crippen LogP contribution in [0.25, 0.3) is 0 Å². The Bertz CT molecular complexity index is 567. The summed E-state index contributed by atoms with van der Waals surface area (Å²) in [6.07, 6.45) is -4.68. The Morgan fingerprint density at radius 1 is 1.25 bits per heavy atom. The first-order chi connectivity index (χ1) is 10.4. The largest absolute Gasteiger partial charge is 0.491 e. The zero-order chi connectivity index (χ0) is 17.8. The van der Waals surface area contributed by atoms with Crippen LogP contribution in [0.4, 0.5) is 13.2 Å². The number of halogens is 4. The van der Waals surface area contributed by atoms with Crippen molar-refractivity contribution < 1.29 is 17.9 Å². The van der Waals surface area contributed by atoms with E-state index in [1.807, 2.05) is 20.8 Å². The highest BCUT2D eigenvalue weighted by molar-refractivity contribution is 14.0. The predicted octanol–water partition coefficient (Wildman–Crippen LogP) is 4.31. The quantitative estimate of drug-likeness (QED) is 0.401. The molecule has 0 fully saturated rings. The maximum atomic E-state index is 13.2. The summed E-state index contributed by atoms with van der Waals surface area (Å²) in [6, 6.07) is 3.88. The summed E-state index contributed by atoms with van der Waals surface area (Å²) in [7, 11) is 0. The molecule has 8 heteroatoms. The second kappa shape index (κ2) is 8.77. The van der Waals surface area contributed by atoms with E-state index in [1.165, 1.54) is 12.1 Å². The van der Waals surface area contributed by atoms with Gasteiger partial charge in [-0.15, -0.1) is 24.0 Å². The van der Waals surface area contributed by atoms with Crippen LogP contribution in [0.5, 0.6) is 5.75 Å². The number of benzene rings is 1. The topological polar surface area (TPSA) is 59.6 Å². The van der Waals surface area contributed by atoms with Crippen LogP contribution in [0.2, 0.25) is 0 Å². The molecule has 0 atom stereocenters. The van der Waals surface area contributed by atoms with E-state index in [0.29, 0.717) is 0 Å². The van der Waals surface area contributed by atoms with Crippen LogP contribution in [0, 0.1) is 0 Å². The molecule has 0 saturated heterocycles. The van der Waals surface area contributed by atoms with Crippen molar-refractivity contribution in [2.24, 2.45) is 10.7 Å². The number of hydrogen-bond acceptors (Lipinski definition) is 2. The van der Waals surface area contributed by atoms with E-state index in [0.717, 1.165) is 6.07 Å². The lowest BCUT2D eigenvalue weighted by molar-refractivity contribution is -0.138. The molecule has 0 aliphatic carbocycles. The van der Waals surface area contributed by atoms with Gasteiger partial charge in [0.1, 0.15) is 5.75 Å². The van der Waals surface area contributed by atoms with Crippen LogP contribution in [-0.4, -0.2) is 17.6 Å². The van der Waals surface area contributed by atoms with Crippen molar-refractivity contribution in [3.05, 3.63) is 29.3 Å². The molecule has 0 bridgehead atoms. The minimum atomic E-state index is -4.48. The van der Waals surface area contributed by atoms with E-state index in [9.17, 15) is 13.2 Å². The molecule has 0 spiro atoms. The molecule has 1 aromatic rings. The molecule has 1 aromatic carbocycles. The number of nitrogens with zero attached hydrogens (tertiary/aromatic N) is 1. The first-order valence-corrected chi connectivity index (χ1v) is 7.33. The summed E-state index contributed by atoms with van der Waals surface area (Å²) >= 11 is 0. The Hall–Kier alpha value is -1.19. The number of alkyl halides is 3. The van der Waals surface area contributed by atoms with Crippen LogP contribution < -0.4 is 15.8 Å². The van der Waals surface area contributed by atoms with Gasteiger partial charge in [0.05, 0.1) is 18.2 Å². The maximum Gasteiger partial charge on any atom is 0.416 e. The third-order valence-electron chi connectivity index (χ3n) is 2.68. The van der Waals surface area contributed by atoms with Crippen LogP contribution >= 0.6 is 24.0 Å². The molecule has 0 radical (unpaired) electrons. The van der Waals surface area contributed by atoms with E-state index >= 15 is 0 Å². The SMILES string of the molecule is CC(C)Oc1ccc(CN=C(N)NC(C)(C)C)c(C(F)(F)F)c1.I. The Morgan fingerprint density at radius 2 is 1.83 bits per heavy atom. The van der Waals surface area contributed by atoms with Gasteiger partial charge in [0.2, 0.25) is 0 Å². The van der Waals surface area contributed by atoms with E-state index in [1.54, 1.807) is 13.8 Å². The fourth-order valence-electron chi connectivity index (χ4n) is 1.90. The van der Waals surface area contributed by atoms with E-state index in [-0.39, 0.29) is 59.4 Å². The normalized spacial score (nSPS) is 12.8. The molecule has 0 heterocycles. The van der Waals surface area contributed by atoms with E-state index in [4.69, 9.17) is 10.5 Å². The van der Waals surface area contributed by atoms with Crippen LogP contribution in [0.1, 0.15) is 45.7 Å². The summed E-state index contributed by atoms with van der Waals surface area (Å²) in [5, 5.41) is 2.91. The third-order valence-corrected chi connectivity index (χ3v) is 2.68. The Morgan fingerprint density at radius 3 is 2.29 bits per heavy atom. The molecule has 0 amide bonds. The predicted molar refractivity (Wildman–Crippen MR) is 101 cm³/mol. The molecular formula is C16H25F3IN3O. The van der Waals surface area contributed by atoms with Gasteiger partial charge < -0.3 is 15.8 Å². The number of hydrogen-bond donors (Lipinski definition) is 2. The molecule has 3 N–H and O–H groups in total. The molecule has 24 heavy (non-hydrogen) atoms. The van der Waals surface area contributed by atoms with Gasteiger partial charge in [0.15, 0.2) is 5.96 Å². The van der Waals surface area contributed by atoms with Crippen molar-refractivity contribution in [2.75, 3.05) is 0 Å². The molecule has 0 aliphatic heterocycles. The van der Waals surface area contributed by atoms with Crippen LogP contribution in [0.15, 0.2) is 23.2 Å². The highest BCUT2D eigenvalue weighted by Crippen LogP contribution is 2.35. The number of nitrogens with two attached hydrogens (primary N) is 1. The second-order valence-electron chi connectivity index (χ2n) is 6.56. The van der Waals surface area contributed by atoms with E-state index < -0.39 is 11.7 Å². The van der Waals surface area contributed by atoms with Gasteiger partial charge in [-0.3, -0.25) is 0 Å². The van der Waals surface area contributed by atoms with Crippen molar-refractivity contribution in [1.29, 1.82) is 0 Å². The third kappa shape index (κ3) is 8.07. The minimum absolute atomic E-state index is 0. The highest BCUT2D eigenvalue weighted by atomic mass is 127.